The van der Waals surface area contributed by atoms with Crippen molar-refractivity contribution in [2.45, 2.75) is 25.8 Å². The van der Waals surface area contributed by atoms with E-state index in [1.165, 1.54) is 19.3 Å². The molecule has 1 fully saturated rings. The molecule has 0 amide bonds. The zero-order chi connectivity index (χ0) is 12.5. The van der Waals surface area contributed by atoms with Crippen LogP contribution < -0.4 is 10.3 Å². The third kappa shape index (κ3) is 1.90. The summed E-state index contributed by atoms with van der Waals surface area (Å²) in [4.78, 5) is 12.4. The standard InChI is InChI=1S/C15H17NO2/c1-18-13-6-5-12-7-8-16(10-11-3-2-4-11)15(17)14(12)9-13/h5-9,11H,2-4,10H2,1H3. The van der Waals surface area contributed by atoms with Crippen LogP contribution in [0.1, 0.15) is 19.3 Å². The molecule has 1 heterocycles. The predicted molar refractivity (Wildman–Crippen MR) is 72.1 cm³/mol. The van der Waals surface area contributed by atoms with Crippen LogP contribution in [0.4, 0.5) is 0 Å². The molecule has 0 saturated heterocycles. The van der Waals surface area contributed by atoms with E-state index in [-0.39, 0.29) is 5.56 Å². The molecule has 0 spiro atoms. The second-order valence-electron chi connectivity index (χ2n) is 5.02. The highest BCUT2D eigenvalue weighted by atomic mass is 16.5. The van der Waals surface area contributed by atoms with Gasteiger partial charge in [-0.3, -0.25) is 4.79 Å². The Morgan fingerprint density at radius 3 is 2.83 bits per heavy atom. The summed E-state index contributed by atoms with van der Waals surface area (Å²) in [7, 11) is 1.62. The smallest absolute Gasteiger partial charge is 0.258 e. The summed E-state index contributed by atoms with van der Waals surface area (Å²) in [5.74, 6) is 1.42. The van der Waals surface area contributed by atoms with E-state index >= 15 is 0 Å². The zero-order valence-electron chi connectivity index (χ0n) is 10.6. The lowest BCUT2D eigenvalue weighted by molar-refractivity contribution is 0.274. The van der Waals surface area contributed by atoms with Gasteiger partial charge in [0, 0.05) is 12.7 Å². The highest BCUT2D eigenvalue weighted by Gasteiger charge is 2.18. The van der Waals surface area contributed by atoms with Crippen molar-refractivity contribution >= 4 is 10.8 Å². The first-order valence-electron chi connectivity index (χ1n) is 6.45. The Balaban J connectivity index is 2.05. The summed E-state index contributed by atoms with van der Waals surface area (Å²) in [5, 5.41) is 1.72. The first kappa shape index (κ1) is 11.3. The number of benzene rings is 1. The Morgan fingerprint density at radius 2 is 2.17 bits per heavy atom. The molecule has 1 aliphatic carbocycles. The Kier molecular flexibility index (Phi) is 2.82. The van der Waals surface area contributed by atoms with E-state index in [1.54, 1.807) is 7.11 Å². The number of hydrogen-bond donors (Lipinski definition) is 0. The first-order chi connectivity index (χ1) is 8.78. The van der Waals surface area contributed by atoms with Gasteiger partial charge in [0.25, 0.3) is 5.56 Å². The van der Waals surface area contributed by atoms with Crippen LogP contribution in [0.15, 0.2) is 35.3 Å². The van der Waals surface area contributed by atoms with Crippen LogP contribution in [0.2, 0.25) is 0 Å². The fraction of sp³-hybridized carbons (Fsp3) is 0.400. The molecule has 0 bridgehead atoms. The quantitative estimate of drug-likeness (QED) is 0.830. The van der Waals surface area contributed by atoms with Crippen molar-refractivity contribution in [3.63, 3.8) is 0 Å². The molecule has 3 rings (SSSR count). The summed E-state index contributed by atoms with van der Waals surface area (Å²) in [6, 6.07) is 7.66. The van der Waals surface area contributed by atoms with Gasteiger partial charge < -0.3 is 9.30 Å². The van der Waals surface area contributed by atoms with Crippen LogP contribution >= 0.6 is 0 Å². The van der Waals surface area contributed by atoms with Crippen molar-refractivity contribution in [1.29, 1.82) is 0 Å². The van der Waals surface area contributed by atoms with Crippen molar-refractivity contribution in [3.05, 3.63) is 40.8 Å². The number of nitrogens with zero attached hydrogens (tertiary/aromatic N) is 1. The lowest BCUT2D eigenvalue weighted by Gasteiger charge is -2.26. The molecule has 3 nitrogen and oxygen atoms in total. The number of aromatic nitrogens is 1. The summed E-state index contributed by atoms with van der Waals surface area (Å²) in [6.45, 7) is 0.853. The largest absolute Gasteiger partial charge is 0.497 e. The molecule has 1 saturated carbocycles. The summed E-state index contributed by atoms with van der Waals surface area (Å²) < 4.78 is 7.02. The molecule has 94 valence electrons. The fourth-order valence-corrected chi connectivity index (χ4v) is 2.48. The highest BCUT2D eigenvalue weighted by molar-refractivity contribution is 5.82. The van der Waals surface area contributed by atoms with Crippen LogP contribution in [0.25, 0.3) is 10.8 Å². The predicted octanol–water partition coefficient (Wildman–Crippen LogP) is 2.81. The number of fused-ring (bicyclic) bond motifs is 1. The lowest BCUT2D eigenvalue weighted by atomic mass is 9.85. The van der Waals surface area contributed by atoms with E-state index in [4.69, 9.17) is 4.74 Å². The monoisotopic (exact) mass is 243 g/mol. The van der Waals surface area contributed by atoms with Gasteiger partial charge in [0.2, 0.25) is 0 Å². The molecular weight excluding hydrogens is 226 g/mol. The normalized spacial score (nSPS) is 15.6. The van der Waals surface area contributed by atoms with Crippen LogP contribution in [0.3, 0.4) is 0 Å². The van der Waals surface area contributed by atoms with Crippen molar-refractivity contribution in [2.24, 2.45) is 5.92 Å². The molecule has 18 heavy (non-hydrogen) atoms. The molecule has 0 atom stereocenters. The fourth-order valence-electron chi connectivity index (χ4n) is 2.48. The van der Waals surface area contributed by atoms with E-state index in [9.17, 15) is 4.79 Å². The van der Waals surface area contributed by atoms with Gasteiger partial charge in [-0.1, -0.05) is 12.5 Å². The molecular formula is C15H17NO2. The molecule has 1 aromatic heterocycles. The van der Waals surface area contributed by atoms with Gasteiger partial charge in [0.15, 0.2) is 0 Å². The lowest BCUT2D eigenvalue weighted by Crippen LogP contribution is -2.26. The van der Waals surface area contributed by atoms with Crippen LogP contribution in [-0.4, -0.2) is 11.7 Å². The van der Waals surface area contributed by atoms with E-state index in [1.807, 2.05) is 35.0 Å². The number of ether oxygens (including phenoxy) is 1. The van der Waals surface area contributed by atoms with Crippen molar-refractivity contribution in [2.75, 3.05) is 7.11 Å². The second-order valence-corrected chi connectivity index (χ2v) is 5.02. The molecule has 1 aliphatic rings. The minimum Gasteiger partial charge on any atom is -0.497 e. The third-order valence-corrected chi connectivity index (χ3v) is 3.87. The van der Waals surface area contributed by atoms with E-state index < -0.39 is 0 Å². The Hall–Kier alpha value is -1.77. The first-order valence-corrected chi connectivity index (χ1v) is 6.45. The van der Waals surface area contributed by atoms with Gasteiger partial charge in [0.05, 0.1) is 12.5 Å². The minimum absolute atomic E-state index is 0.0956. The van der Waals surface area contributed by atoms with Gasteiger partial charge in [0.1, 0.15) is 5.75 Å². The van der Waals surface area contributed by atoms with E-state index in [0.717, 1.165) is 23.1 Å². The van der Waals surface area contributed by atoms with Gasteiger partial charge >= 0.3 is 0 Å². The minimum atomic E-state index is 0.0956. The topological polar surface area (TPSA) is 31.2 Å². The third-order valence-electron chi connectivity index (χ3n) is 3.87. The molecule has 1 aromatic carbocycles. The molecule has 2 aromatic rings. The van der Waals surface area contributed by atoms with Gasteiger partial charge in [-0.2, -0.15) is 0 Å². The summed E-state index contributed by atoms with van der Waals surface area (Å²) >= 11 is 0. The Morgan fingerprint density at radius 1 is 1.33 bits per heavy atom. The number of rotatable bonds is 3. The summed E-state index contributed by atoms with van der Waals surface area (Å²) in [6.07, 6.45) is 5.72. The van der Waals surface area contributed by atoms with Gasteiger partial charge in [-0.25, -0.2) is 0 Å². The van der Waals surface area contributed by atoms with Crippen LogP contribution in [0.5, 0.6) is 5.75 Å². The molecule has 0 unspecified atom stereocenters. The molecule has 0 aliphatic heterocycles. The molecule has 3 heteroatoms. The SMILES string of the molecule is COc1ccc2ccn(CC3CCC3)c(=O)c2c1. The average Bonchev–Trinajstić information content (AvgIpc) is 2.35. The number of methoxy groups -OCH3 is 1. The molecule has 0 N–H and O–H groups in total. The summed E-state index contributed by atoms with van der Waals surface area (Å²) in [5.41, 5.74) is 0.0956. The maximum Gasteiger partial charge on any atom is 0.258 e. The van der Waals surface area contributed by atoms with Crippen molar-refractivity contribution in [1.82, 2.24) is 4.57 Å². The van der Waals surface area contributed by atoms with Crippen molar-refractivity contribution in [3.8, 4) is 5.75 Å². The number of hydrogen-bond acceptors (Lipinski definition) is 2. The zero-order valence-corrected chi connectivity index (χ0v) is 10.6. The van der Waals surface area contributed by atoms with E-state index in [2.05, 4.69) is 0 Å². The maximum atomic E-state index is 12.4. The van der Waals surface area contributed by atoms with Crippen LogP contribution in [-0.2, 0) is 6.54 Å². The van der Waals surface area contributed by atoms with Crippen LogP contribution in [0, 0.1) is 5.92 Å². The molecule has 0 radical (unpaired) electrons. The van der Waals surface area contributed by atoms with Gasteiger partial charge in [-0.05, 0) is 42.3 Å². The second kappa shape index (κ2) is 4.48. The number of pyridine rings is 1. The van der Waals surface area contributed by atoms with Gasteiger partial charge in [-0.15, -0.1) is 0 Å². The average molecular weight is 243 g/mol. The highest BCUT2D eigenvalue weighted by Crippen LogP contribution is 2.27. The Bertz CT molecular complexity index is 626. The Labute approximate surface area is 106 Å². The van der Waals surface area contributed by atoms with E-state index in [0.29, 0.717) is 5.92 Å². The van der Waals surface area contributed by atoms with Crippen molar-refractivity contribution < 1.29 is 4.74 Å². The maximum absolute atomic E-state index is 12.4.